The molecule has 0 aliphatic carbocycles. The van der Waals surface area contributed by atoms with Crippen LogP contribution in [0.25, 0.3) is 0 Å². The highest BCUT2D eigenvalue weighted by atomic mass is 35.5. The molecule has 0 heterocycles. The average Bonchev–Trinajstić information content (AvgIpc) is 2.50. The summed E-state index contributed by atoms with van der Waals surface area (Å²) in [6.45, 7) is -0.317. The Hall–Kier alpha value is -1.83. The number of halogens is 6. The molecule has 0 saturated heterocycles. The predicted molar refractivity (Wildman–Crippen MR) is 90.6 cm³/mol. The second-order valence-corrected chi connectivity index (χ2v) is 5.96. The molecule has 2 rings (SSSR count). The minimum Gasteiger partial charge on any atom is -0.472 e. The number of benzene rings is 2. The van der Waals surface area contributed by atoms with E-state index in [1.54, 1.807) is 0 Å². The molecular formula is C15H10Cl3F3N2O2. The van der Waals surface area contributed by atoms with Crippen LogP contribution in [-0.2, 0) is 6.18 Å². The van der Waals surface area contributed by atoms with Crippen LogP contribution < -0.4 is 15.4 Å². The zero-order chi connectivity index (χ0) is 18.6. The lowest BCUT2D eigenvalue weighted by Crippen LogP contribution is -2.32. The Bertz CT molecular complexity index is 785. The first-order valence-electron chi connectivity index (χ1n) is 6.66. The van der Waals surface area contributed by atoms with Crippen LogP contribution in [0.1, 0.15) is 5.56 Å². The maximum atomic E-state index is 12.9. The van der Waals surface area contributed by atoms with E-state index >= 15 is 0 Å². The Labute approximate surface area is 155 Å². The number of urea groups is 1. The van der Waals surface area contributed by atoms with E-state index in [4.69, 9.17) is 39.5 Å². The van der Waals surface area contributed by atoms with Crippen LogP contribution in [0.4, 0.5) is 23.7 Å². The van der Waals surface area contributed by atoms with Crippen molar-refractivity contribution in [2.75, 3.05) is 12.0 Å². The molecule has 0 fully saturated rings. The van der Waals surface area contributed by atoms with Crippen LogP contribution >= 0.6 is 34.8 Å². The van der Waals surface area contributed by atoms with Crippen LogP contribution in [0.2, 0.25) is 15.1 Å². The monoisotopic (exact) mass is 412 g/mol. The fraction of sp³-hybridized carbons (Fsp3) is 0.133. The Morgan fingerprint density at radius 1 is 1.04 bits per heavy atom. The topological polar surface area (TPSA) is 50.4 Å². The molecule has 0 bridgehead atoms. The van der Waals surface area contributed by atoms with Gasteiger partial charge in [0.05, 0.1) is 16.3 Å². The average molecular weight is 414 g/mol. The van der Waals surface area contributed by atoms with E-state index in [0.717, 1.165) is 12.1 Å². The van der Waals surface area contributed by atoms with Gasteiger partial charge in [-0.3, -0.25) is 0 Å². The molecule has 0 aromatic heterocycles. The molecule has 0 spiro atoms. The molecule has 0 radical (unpaired) electrons. The Kier molecular flexibility index (Phi) is 6.26. The molecule has 0 unspecified atom stereocenters. The van der Waals surface area contributed by atoms with Crippen molar-refractivity contribution in [2.24, 2.45) is 0 Å². The number of nitrogens with one attached hydrogen (secondary N) is 2. The predicted octanol–water partition coefficient (Wildman–Crippen LogP) is 5.82. The number of carbonyl (C=O) groups excluding carboxylic acids is 1. The molecule has 2 aromatic carbocycles. The largest absolute Gasteiger partial charge is 0.472 e. The third-order valence-corrected chi connectivity index (χ3v) is 3.66. The number of ether oxygens (including phenoxy) is 1. The highest BCUT2D eigenvalue weighted by molar-refractivity contribution is 6.35. The SMILES string of the molecule is O=C(NCOc1ccc(Cl)cc1Cl)Nc1ccc(Cl)cc1C(F)(F)F. The normalized spacial score (nSPS) is 11.1. The molecule has 25 heavy (non-hydrogen) atoms. The minimum absolute atomic E-state index is 0.0982. The van der Waals surface area contributed by atoms with Gasteiger partial charge in [-0.25, -0.2) is 4.79 Å². The minimum atomic E-state index is -4.67. The van der Waals surface area contributed by atoms with Gasteiger partial charge < -0.3 is 15.4 Å². The van der Waals surface area contributed by atoms with Crippen molar-refractivity contribution in [2.45, 2.75) is 6.18 Å². The Balaban J connectivity index is 1.97. The second kappa shape index (κ2) is 8.03. The third kappa shape index (κ3) is 5.59. The van der Waals surface area contributed by atoms with Crippen molar-refractivity contribution in [3.63, 3.8) is 0 Å². The van der Waals surface area contributed by atoms with Crippen molar-refractivity contribution >= 4 is 46.5 Å². The standard InChI is InChI=1S/C15H10Cl3F3N2O2/c16-8-1-3-12(10(5-8)15(19,20)21)23-14(24)22-7-25-13-4-2-9(17)6-11(13)18/h1-6H,7H2,(H2,22,23,24). The van der Waals surface area contributed by atoms with Gasteiger partial charge in [0.25, 0.3) is 0 Å². The van der Waals surface area contributed by atoms with E-state index in [9.17, 15) is 18.0 Å². The van der Waals surface area contributed by atoms with Crippen LogP contribution in [0.3, 0.4) is 0 Å². The molecule has 10 heteroatoms. The lowest BCUT2D eigenvalue weighted by Gasteiger charge is -2.15. The van der Waals surface area contributed by atoms with Crippen LogP contribution in [0.15, 0.2) is 36.4 Å². The molecule has 2 aromatic rings. The quantitative estimate of drug-likeness (QED) is 0.620. The van der Waals surface area contributed by atoms with Gasteiger partial charge in [-0.1, -0.05) is 34.8 Å². The number of amides is 2. The Morgan fingerprint density at radius 2 is 1.68 bits per heavy atom. The zero-order valence-corrected chi connectivity index (χ0v) is 14.5. The number of anilines is 1. The van der Waals surface area contributed by atoms with Gasteiger partial charge >= 0.3 is 12.2 Å². The summed E-state index contributed by atoms with van der Waals surface area (Å²) in [7, 11) is 0. The molecule has 2 N–H and O–H groups in total. The molecule has 134 valence electrons. The number of alkyl halides is 3. The van der Waals surface area contributed by atoms with Crippen molar-refractivity contribution in [1.82, 2.24) is 5.32 Å². The third-order valence-electron chi connectivity index (χ3n) is 2.89. The van der Waals surface area contributed by atoms with E-state index in [1.165, 1.54) is 24.3 Å². The summed E-state index contributed by atoms with van der Waals surface area (Å²) in [6.07, 6.45) is -4.67. The van der Waals surface area contributed by atoms with E-state index in [-0.39, 0.29) is 22.5 Å². The van der Waals surface area contributed by atoms with E-state index in [0.29, 0.717) is 5.02 Å². The first kappa shape index (κ1) is 19.5. The lowest BCUT2D eigenvalue weighted by atomic mass is 10.1. The number of carbonyl (C=O) groups is 1. The summed E-state index contributed by atoms with van der Waals surface area (Å²) in [5.41, 5.74) is -1.49. The van der Waals surface area contributed by atoms with Gasteiger partial charge in [-0.05, 0) is 36.4 Å². The number of hydrogen-bond donors (Lipinski definition) is 2. The maximum Gasteiger partial charge on any atom is 0.418 e. The van der Waals surface area contributed by atoms with E-state index < -0.39 is 23.5 Å². The fourth-order valence-electron chi connectivity index (χ4n) is 1.80. The van der Waals surface area contributed by atoms with E-state index in [2.05, 4.69) is 10.6 Å². The van der Waals surface area contributed by atoms with Crippen molar-refractivity contribution in [1.29, 1.82) is 0 Å². The highest BCUT2D eigenvalue weighted by Gasteiger charge is 2.34. The summed E-state index contributed by atoms with van der Waals surface area (Å²) in [4.78, 5) is 11.7. The molecule has 4 nitrogen and oxygen atoms in total. The summed E-state index contributed by atoms with van der Waals surface area (Å²) in [6, 6.07) is 6.59. The molecular weight excluding hydrogens is 404 g/mol. The van der Waals surface area contributed by atoms with Gasteiger partial charge in [0.2, 0.25) is 0 Å². The summed E-state index contributed by atoms with van der Waals surface area (Å²) in [5, 5.41) is 4.88. The molecule has 2 amide bonds. The van der Waals surface area contributed by atoms with Crippen molar-refractivity contribution in [3.8, 4) is 5.75 Å². The molecule has 0 atom stereocenters. The van der Waals surface area contributed by atoms with Gasteiger partial charge in [-0.2, -0.15) is 13.2 Å². The van der Waals surface area contributed by atoms with Crippen molar-refractivity contribution in [3.05, 3.63) is 57.0 Å². The smallest absolute Gasteiger partial charge is 0.418 e. The number of hydrogen-bond acceptors (Lipinski definition) is 2. The molecule has 0 saturated carbocycles. The summed E-state index contributed by atoms with van der Waals surface area (Å²) < 4.78 is 44.1. The lowest BCUT2D eigenvalue weighted by molar-refractivity contribution is -0.136. The second-order valence-electron chi connectivity index (χ2n) is 4.68. The number of rotatable bonds is 4. The first-order chi connectivity index (χ1) is 11.7. The highest BCUT2D eigenvalue weighted by Crippen LogP contribution is 2.36. The van der Waals surface area contributed by atoms with Gasteiger partial charge in [0.1, 0.15) is 5.75 Å². The zero-order valence-electron chi connectivity index (χ0n) is 12.3. The van der Waals surface area contributed by atoms with E-state index in [1.807, 2.05) is 0 Å². The Morgan fingerprint density at radius 3 is 2.32 bits per heavy atom. The summed E-state index contributed by atoms with van der Waals surface area (Å²) >= 11 is 17.2. The first-order valence-corrected chi connectivity index (χ1v) is 7.79. The van der Waals surface area contributed by atoms with Gasteiger partial charge in [0, 0.05) is 10.0 Å². The van der Waals surface area contributed by atoms with Gasteiger partial charge in [-0.15, -0.1) is 0 Å². The van der Waals surface area contributed by atoms with Crippen LogP contribution in [-0.4, -0.2) is 12.8 Å². The van der Waals surface area contributed by atoms with Crippen molar-refractivity contribution < 1.29 is 22.7 Å². The van der Waals surface area contributed by atoms with Gasteiger partial charge in [0.15, 0.2) is 6.73 Å². The molecule has 0 aliphatic rings. The van der Waals surface area contributed by atoms with Crippen LogP contribution in [0.5, 0.6) is 5.75 Å². The summed E-state index contributed by atoms with van der Waals surface area (Å²) in [5.74, 6) is 0.258. The maximum absolute atomic E-state index is 12.9. The molecule has 0 aliphatic heterocycles. The van der Waals surface area contributed by atoms with Crippen LogP contribution in [0, 0.1) is 0 Å². The fourth-order valence-corrected chi connectivity index (χ4v) is 2.43.